The highest BCUT2D eigenvalue weighted by Gasteiger charge is 2.25. The first-order valence-electron chi connectivity index (χ1n) is 9.44. The zero-order valence-corrected chi connectivity index (χ0v) is 15.8. The van der Waals surface area contributed by atoms with Crippen molar-refractivity contribution in [2.75, 3.05) is 18.1 Å². The Morgan fingerprint density at radius 3 is 2.93 bits per heavy atom. The molecule has 28 heavy (non-hydrogen) atoms. The van der Waals surface area contributed by atoms with Gasteiger partial charge in [-0.3, -0.25) is 4.98 Å². The Balaban J connectivity index is 1.59. The van der Waals surface area contributed by atoms with E-state index < -0.39 is 0 Å². The first-order chi connectivity index (χ1) is 13.7. The molecule has 1 saturated heterocycles. The van der Waals surface area contributed by atoms with Gasteiger partial charge in [-0.25, -0.2) is 4.98 Å². The minimum atomic E-state index is 0.169. The predicted octanol–water partition coefficient (Wildman–Crippen LogP) is 3.35. The van der Waals surface area contributed by atoms with Crippen LogP contribution in [0.25, 0.3) is 10.9 Å². The number of aliphatic hydroxyl groups excluding tert-OH is 1. The molecule has 0 bridgehead atoms. The molecule has 6 heteroatoms. The standard InChI is InChI=1S/C22H22N4O2/c1-15-9-22(26-8-2-3-18(26)13-27)20-7-6-19(10-21(20)25-15)28-14-16-4-5-17(11-23)24-12-16/h4-7,9-10,12,18,27H,2-3,8,13-14H2,1H3. The fourth-order valence-corrected chi connectivity index (χ4v) is 3.73. The molecular formula is C22H22N4O2. The molecule has 0 amide bonds. The normalized spacial score (nSPS) is 16.3. The zero-order valence-electron chi connectivity index (χ0n) is 15.8. The summed E-state index contributed by atoms with van der Waals surface area (Å²) in [6.07, 6.45) is 3.76. The molecule has 1 fully saturated rings. The smallest absolute Gasteiger partial charge is 0.140 e. The van der Waals surface area contributed by atoms with Crippen molar-refractivity contribution in [3.8, 4) is 11.8 Å². The van der Waals surface area contributed by atoms with Gasteiger partial charge in [-0.2, -0.15) is 5.26 Å². The van der Waals surface area contributed by atoms with E-state index in [1.165, 1.54) is 0 Å². The lowest BCUT2D eigenvalue weighted by Gasteiger charge is -2.27. The van der Waals surface area contributed by atoms with Gasteiger partial charge in [0, 0.05) is 41.1 Å². The van der Waals surface area contributed by atoms with Crippen molar-refractivity contribution >= 4 is 16.6 Å². The van der Waals surface area contributed by atoms with Crippen molar-refractivity contribution in [1.82, 2.24) is 9.97 Å². The van der Waals surface area contributed by atoms with E-state index >= 15 is 0 Å². The number of benzene rings is 1. The molecular weight excluding hydrogens is 352 g/mol. The van der Waals surface area contributed by atoms with Gasteiger partial charge in [0.1, 0.15) is 24.1 Å². The number of aromatic nitrogens is 2. The Kier molecular flexibility index (Phi) is 5.09. The molecule has 1 aromatic carbocycles. The van der Waals surface area contributed by atoms with Gasteiger partial charge in [0.2, 0.25) is 0 Å². The molecule has 142 valence electrons. The third kappa shape index (κ3) is 3.62. The highest BCUT2D eigenvalue weighted by Crippen LogP contribution is 2.33. The van der Waals surface area contributed by atoms with Crippen LogP contribution in [-0.4, -0.2) is 34.3 Å². The molecule has 1 N–H and O–H groups in total. The quantitative estimate of drug-likeness (QED) is 0.737. The number of hydrogen-bond acceptors (Lipinski definition) is 6. The summed E-state index contributed by atoms with van der Waals surface area (Å²) in [6.45, 7) is 3.49. The fraction of sp³-hybridized carbons (Fsp3) is 0.318. The first kappa shape index (κ1) is 18.2. The van der Waals surface area contributed by atoms with Crippen molar-refractivity contribution < 1.29 is 9.84 Å². The summed E-state index contributed by atoms with van der Waals surface area (Å²) in [5.41, 5.74) is 4.25. The summed E-state index contributed by atoms with van der Waals surface area (Å²) in [4.78, 5) is 11.0. The molecule has 6 nitrogen and oxygen atoms in total. The van der Waals surface area contributed by atoms with Crippen molar-refractivity contribution in [2.24, 2.45) is 0 Å². The summed E-state index contributed by atoms with van der Waals surface area (Å²) >= 11 is 0. The molecule has 3 heterocycles. The average Bonchev–Trinajstić information content (AvgIpc) is 3.20. The SMILES string of the molecule is Cc1cc(N2CCCC2CO)c2ccc(OCc3ccc(C#N)nc3)cc2n1. The highest BCUT2D eigenvalue weighted by atomic mass is 16.5. The lowest BCUT2D eigenvalue weighted by Crippen LogP contribution is -2.32. The lowest BCUT2D eigenvalue weighted by atomic mass is 10.1. The second-order valence-electron chi connectivity index (χ2n) is 7.09. The van der Waals surface area contributed by atoms with E-state index in [2.05, 4.69) is 20.9 Å². The van der Waals surface area contributed by atoms with Crippen molar-refractivity contribution in [2.45, 2.75) is 32.4 Å². The van der Waals surface area contributed by atoms with E-state index in [1.807, 2.05) is 37.3 Å². The van der Waals surface area contributed by atoms with Gasteiger partial charge in [-0.1, -0.05) is 6.07 Å². The minimum absolute atomic E-state index is 0.169. The van der Waals surface area contributed by atoms with Crippen LogP contribution in [0, 0.1) is 18.3 Å². The molecule has 0 spiro atoms. The molecule has 1 aliphatic rings. The Labute approximate surface area is 164 Å². The van der Waals surface area contributed by atoms with Crippen LogP contribution in [0.3, 0.4) is 0 Å². The number of hydrogen-bond donors (Lipinski definition) is 1. The van der Waals surface area contributed by atoms with E-state index in [9.17, 15) is 5.11 Å². The van der Waals surface area contributed by atoms with Gasteiger partial charge < -0.3 is 14.7 Å². The van der Waals surface area contributed by atoms with Crippen LogP contribution in [-0.2, 0) is 6.61 Å². The van der Waals surface area contributed by atoms with Crippen molar-refractivity contribution in [1.29, 1.82) is 5.26 Å². The van der Waals surface area contributed by atoms with Gasteiger partial charge in [-0.05, 0) is 44.0 Å². The number of aliphatic hydroxyl groups is 1. The second kappa shape index (κ2) is 7.83. The largest absolute Gasteiger partial charge is 0.489 e. The molecule has 1 unspecified atom stereocenters. The van der Waals surface area contributed by atoms with Crippen LogP contribution >= 0.6 is 0 Å². The molecule has 1 atom stereocenters. The molecule has 0 saturated carbocycles. The third-order valence-electron chi connectivity index (χ3n) is 5.13. The van der Waals surface area contributed by atoms with E-state index in [1.54, 1.807) is 12.3 Å². The summed E-state index contributed by atoms with van der Waals surface area (Å²) in [5.74, 6) is 0.737. The maximum atomic E-state index is 9.69. The Morgan fingerprint density at radius 1 is 1.29 bits per heavy atom. The number of nitriles is 1. The number of rotatable bonds is 5. The summed E-state index contributed by atoms with van der Waals surface area (Å²) in [7, 11) is 0. The van der Waals surface area contributed by atoms with Crippen LogP contribution < -0.4 is 9.64 Å². The van der Waals surface area contributed by atoms with E-state index in [0.717, 1.165) is 53.0 Å². The maximum Gasteiger partial charge on any atom is 0.140 e. The lowest BCUT2D eigenvalue weighted by molar-refractivity contribution is 0.266. The van der Waals surface area contributed by atoms with Gasteiger partial charge in [0.05, 0.1) is 18.2 Å². The Bertz CT molecular complexity index is 1030. The van der Waals surface area contributed by atoms with Crippen LogP contribution in [0.15, 0.2) is 42.6 Å². The molecule has 1 aliphatic heterocycles. The monoisotopic (exact) mass is 374 g/mol. The van der Waals surface area contributed by atoms with E-state index in [4.69, 9.17) is 10.00 Å². The number of aryl methyl sites for hydroxylation is 1. The van der Waals surface area contributed by atoms with Crippen molar-refractivity contribution in [3.05, 3.63) is 59.5 Å². The topological polar surface area (TPSA) is 82.3 Å². The third-order valence-corrected chi connectivity index (χ3v) is 5.13. The molecule has 4 rings (SSSR count). The summed E-state index contributed by atoms with van der Waals surface area (Å²) in [5, 5.41) is 19.6. The number of nitrogens with zero attached hydrogens (tertiary/aromatic N) is 4. The van der Waals surface area contributed by atoms with Gasteiger partial charge in [0.25, 0.3) is 0 Å². The van der Waals surface area contributed by atoms with Gasteiger partial charge in [-0.15, -0.1) is 0 Å². The number of anilines is 1. The van der Waals surface area contributed by atoms with Crippen molar-refractivity contribution in [3.63, 3.8) is 0 Å². The van der Waals surface area contributed by atoms with Gasteiger partial charge >= 0.3 is 0 Å². The second-order valence-corrected chi connectivity index (χ2v) is 7.09. The van der Waals surface area contributed by atoms with Crippen LogP contribution in [0.2, 0.25) is 0 Å². The van der Waals surface area contributed by atoms with Crippen LogP contribution in [0.5, 0.6) is 5.75 Å². The fourth-order valence-electron chi connectivity index (χ4n) is 3.73. The van der Waals surface area contributed by atoms with Crippen LogP contribution in [0.4, 0.5) is 5.69 Å². The first-order valence-corrected chi connectivity index (χ1v) is 9.44. The van der Waals surface area contributed by atoms with Gasteiger partial charge in [0.15, 0.2) is 0 Å². The number of fused-ring (bicyclic) bond motifs is 1. The Hall–Kier alpha value is -3.17. The molecule has 3 aromatic rings. The average molecular weight is 374 g/mol. The molecule has 2 aromatic heterocycles. The maximum absolute atomic E-state index is 9.69. The number of pyridine rings is 2. The van der Waals surface area contributed by atoms with E-state index in [0.29, 0.717) is 12.3 Å². The zero-order chi connectivity index (χ0) is 19.5. The number of ether oxygens (including phenoxy) is 1. The summed E-state index contributed by atoms with van der Waals surface area (Å²) < 4.78 is 5.90. The molecule has 0 radical (unpaired) electrons. The van der Waals surface area contributed by atoms with E-state index in [-0.39, 0.29) is 12.6 Å². The highest BCUT2D eigenvalue weighted by molar-refractivity contribution is 5.93. The van der Waals surface area contributed by atoms with Crippen LogP contribution in [0.1, 0.15) is 29.8 Å². The predicted molar refractivity (Wildman–Crippen MR) is 107 cm³/mol. The summed E-state index contributed by atoms with van der Waals surface area (Å²) in [6, 6.07) is 13.7. The minimum Gasteiger partial charge on any atom is -0.489 e. The Morgan fingerprint density at radius 2 is 2.18 bits per heavy atom. The molecule has 0 aliphatic carbocycles.